The van der Waals surface area contributed by atoms with Gasteiger partial charge >= 0.3 is 0 Å². The fourth-order valence-corrected chi connectivity index (χ4v) is 2.99. The van der Waals surface area contributed by atoms with Crippen LogP contribution in [0.2, 0.25) is 0 Å². The Morgan fingerprint density at radius 1 is 1.48 bits per heavy atom. The van der Waals surface area contributed by atoms with Crippen molar-refractivity contribution in [1.29, 1.82) is 0 Å². The highest BCUT2D eigenvalue weighted by atomic mass is 16.3. The molecule has 0 aliphatic heterocycles. The Bertz CT molecular complexity index is 645. The van der Waals surface area contributed by atoms with Crippen LogP contribution in [-0.4, -0.2) is 32.9 Å². The van der Waals surface area contributed by atoms with Gasteiger partial charge in [-0.3, -0.25) is 9.48 Å². The van der Waals surface area contributed by atoms with Crippen molar-refractivity contribution in [3.05, 3.63) is 42.1 Å². The third-order valence-electron chi connectivity index (χ3n) is 4.34. The van der Waals surface area contributed by atoms with Crippen LogP contribution in [0.1, 0.15) is 47.3 Å². The van der Waals surface area contributed by atoms with Crippen LogP contribution in [0.3, 0.4) is 0 Å². The van der Waals surface area contributed by atoms with E-state index in [9.17, 15) is 9.90 Å². The Morgan fingerprint density at radius 3 is 3.00 bits per heavy atom. The van der Waals surface area contributed by atoms with Crippen LogP contribution in [0, 0.1) is 0 Å². The lowest BCUT2D eigenvalue weighted by Gasteiger charge is -2.41. The summed E-state index contributed by atoms with van der Waals surface area (Å²) in [4.78, 5) is 12.4. The van der Waals surface area contributed by atoms with Crippen LogP contribution in [-0.2, 0) is 0 Å². The van der Waals surface area contributed by atoms with Crippen molar-refractivity contribution in [3.63, 3.8) is 0 Å². The molecular weight excluding hydrogens is 270 g/mol. The van der Waals surface area contributed by atoms with E-state index >= 15 is 0 Å². The highest BCUT2D eigenvalue weighted by Crippen LogP contribution is 2.42. The molecule has 2 aliphatic carbocycles. The van der Waals surface area contributed by atoms with Crippen LogP contribution >= 0.6 is 0 Å². The van der Waals surface area contributed by atoms with E-state index in [1.807, 2.05) is 6.07 Å². The molecule has 2 fully saturated rings. The van der Waals surface area contributed by atoms with E-state index in [1.165, 1.54) is 0 Å². The van der Waals surface area contributed by atoms with Gasteiger partial charge in [-0.25, -0.2) is 0 Å². The minimum Gasteiger partial charge on any atom is -0.468 e. The summed E-state index contributed by atoms with van der Waals surface area (Å²) in [5.74, 6) is 1.07. The predicted molar refractivity (Wildman–Crippen MR) is 73.8 cm³/mol. The highest BCUT2D eigenvalue weighted by Gasteiger charge is 2.43. The average molecular weight is 287 g/mol. The minimum absolute atomic E-state index is 0.102. The summed E-state index contributed by atoms with van der Waals surface area (Å²) in [7, 11) is 0. The zero-order valence-electron chi connectivity index (χ0n) is 11.5. The fraction of sp³-hybridized carbons (Fsp3) is 0.467. The van der Waals surface area contributed by atoms with E-state index in [4.69, 9.17) is 4.42 Å². The first-order valence-corrected chi connectivity index (χ1v) is 7.29. The molecule has 2 N–H and O–H groups in total. The Hall–Kier alpha value is -2.08. The van der Waals surface area contributed by atoms with Gasteiger partial charge in [0.15, 0.2) is 0 Å². The van der Waals surface area contributed by atoms with Crippen LogP contribution in [0.25, 0.3) is 0 Å². The van der Waals surface area contributed by atoms with Crippen molar-refractivity contribution in [2.45, 2.75) is 43.4 Å². The second-order valence-corrected chi connectivity index (χ2v) is 5.83. The van der Waals surface area contributed by atoms with Crippen LogP contribution in [0.15, 0.2) is 35.2 Å². The Labute approximate surface area is 121 Å². The topological polar surface area (TPSA) is 80.3 Å². The molecule has 6 nitrogen and oxygen atoms in total. The molecule has 0 saturated heterocycles. The van der Waals surface area contributed by atoms with Gasteiger partial charge in [0.2, 0.25) is 0 Å². The molecule has 21 heavy (non-hydrogen) atoms. The van der Waals surface area contributed by atoms with E-state index in [1.54, 1.807) is 29.4 Å². The predicted octanol–water partition coefficient (Wildman–Crippen LogP) is 1.46. The Morgan fingerprint density at radius 2 is 2.33 bits per heavy atom. The van der Waals surface area contributed by atoms with Crippen molar-refractivity contribution in [3.8, 4) is 0 Å². The van der Waals surface area contributed by atoms with Gasteiger partial charge in [0, 0.05) is 18.3 Å². The fourth-order valence-electron chi connectivity index (χ4n) is 2.99. The number of nitrogens with one attached hydrogen (secondary N) is 1. The summed E-state index contributed by atoms with van der Waals surface area (Å²) < 4.78 is 7.14. The lowest BCUT2D eigenvalue weighted by atomic mass is 9.83. The zero-order valence-corrected chi connectivity index (χ0v) is 11.5. The van der Waals surface area contributed by atoms with Gasteiger partial charge < -0.3 is 14.8 Å². The molecule has 0 aromatic carbocycles. The molecule has 0 radical (unpaired) electrons. The maximum Gasteiger partial charge on any atom is 0.255 e. The van der Waals surface area contributed by atoms with Crippen LogP contribution in [0.5, 0.6) is 0 Å². The normalized spacial score (nSPS) is 28.1. The Balaban J connectivity index is 1.48. The smallest absolute Gasteiger partial charge is 0.255 e. The Kier molecular flexibility index (Phi) is 2.85. The van der Waals surface area contributed by atoms with Crippen molar-refractivity contribution in [2.24, 2.45) is 0 Å². The van der Waals surface area contributed by atoms with Gasteiger partial charge in [0.1, 0.15) is 5.76 Å². The van der Waals surface area contributed by atoms with E-state index in [2.05, 4.69) is 10.4 Å². The summed E-state index contributed by atoms with van der Waals surface area (Å²) in [5, 5.41) is 17.1. The largest absolute Gasteiger partial charge is 0.468 e. The lowest BCUT2D eigenvalue weighted by Crippen LogP contribution is -2.56. The molecule has 110 valence electrons. The number of amides is 1. The quantitative estimate of drug-likeness (QED) is 0.892. The highest BCUT2D eigenvalue weighted by molar-refractivity contribution is 5.95. The molecule has 2 aromatic rings. The number of aromatic nitrogens is 2. The molecule has 1 amide bonds. The second-order valence-electron chi connectivity index (χ2n) is 5.83. The summed E-state index contributed by atoms with van der Waals surface area (Å²) in [5.41, 5.74) is 0.623. The third-order valence-corrected chi connectivity index (χ3v) is 4.34. The van der Waals surface area contributed by atoms with Crippen molar-refractivity contribution < 1.29 is 14.3 Å². The monoisotopic (exact) mass is 287 g/mol. The number of carbonyl (C=O) groups excluding carboxylic acids is 1. The SMILES string of the molecule is O=C(N[C@H]1C[C@@H](O)[C@@H]1n1cccn1)c1ccoc1C1CC1. The molecule has 0 bridgehead atoms. The van der Waals surface area contributed by atoms with Gasteiger partial charge in [-0.05, 0) is 31.4 Å². The van der Waals surface area contributed by atoms with Gasteiger partial charge in [0.25, 0.3) is 5.91 Å². The molecule has 3 atom stereocenters. The summed E-state index contributed by atoms with van der Waals surface area (Å²) in [6.45, 7) is 0. The zero-order chi connectivity index (χ0) is 14.4. The van der Waals surface area contributed by atoms with Crippen molar-refractivity contribution in [2.75, 3.05) is 0 Å². The van der Waals surface area contributed by atoms with Crippen molar-refractivity contribution in [1.82, 2.24) is 15.1 Å². The standard InChI is InChI=1S/C15H17N3O3/c19-12-8-11(13(12)18-6-1-5-16-18)17-15(20)10-4-7-21-14(10)9-2-3-9/h1,4-7,9,11-13,19H,2-3,8H2,(H,17,20)/t11-,12+,13+/m0/s1. The van der Waals surface area contributed by atoms with Gasteiger partial charge in [-0.15, -0.1) is 0 Å². The first-order chi connectivity index (χ1) is 10.2. The molecule has 2 saturated carbocycles. The molecule has 2 aliphatic rings. The maximum atomic E-state index is 12.4. The molecular formula is C15H17N3O3. The number of hydrogen-bond donors (Lipinski definition) is 2. The first kappa shape index (κ1) is 12.6. The van der Waals surface area contributed by atoms with Crippen LogP contribution in [0.4, 0.5) is 0 Å². The first-order valence-electron chi connectivity index (χ1n) is 7.29. The maximum absolute atomic E-state index is 12.4. The summed E-state index contributed by atoms with van der Waals surface area (Å²) in [6.07, 6.45) is 7.31. The average Bonchev–Trinajstić information content (AvgIpc) is 2.97. The number of aliphatic hydroxyl groups excluding tert-OH is 1. The molecule has 4 rings (SSSR count). The number of rotatable bonds is 4. The van der Waals surface area contributed by atoms with Crippen LogP contribution < -0.4 is 5.32 Å². The second kappa shape index (κ2) is 4.73. The number of carbonyl (C=O) groups is 1. The van der Waals surface area contributed by atoms with Crippen molar-refractivity contribution >= 4 is 5.91 Å². The van der Waals surface area contributed by atoms with E-state index < -0.39 is 6.10 Å². The van der Waals surface area contributed by atoms with E-state index in [0.717, 1.165) is 18.6 Å². The van der Waals surface area contributed by atoms with E-state index in [0.29, 0.717) is 17.9 Å². The van der Waals surface area contributed by atoms with Gasteiger partial charge in [0.05, 0.1) is 30.0 Å². The lowest BCUT2D eigenvalue weighted by molar-refractivity contribution is -0.00590. The third kappa shape index (κ3) is 2.15. The summed E-state index contributed by atoms with van der Waals surface area (Å²) in [6, 6.07) is 3.24. The number of nitrogens with zero attached hydrogens (tertiary/aromatic N) is 2. The molecule has 2 aromatic heterocycles. The minimum atomic E-state index is -0.470. The molecule has 6 heteroatoms. The summed E-state index contributed by atoms with van der Waals surface area (Å²) >= 11 is 0. The molecule has 0 spiro atoms. The molecule has 2 heterocycles. The number of furan rings is 1. The number of hydrogen-bond acceptors (Lipinski definition) is 4. The molecule has 0 unspecified atom stereocenters. The van der Waals surface area contributed by atoms with Gasteiger partial charge in [-0.2, -0.15) is 5.10 Å². The van der Waals surface area contributed by atoms with E-state index in [-0.39, 0.29) is 18.0 Å². The van der Waals surface area contributed by atoms with Gasteiger partial charge in [-0.1, -0.05) is 0 Å². The number of aliphatic hydroxyl groups is 1.